The minimum Gasteiger partial charge on any atom is -0.379 e. The molecule has 0 aromatic heterocycles. The zero-order valence-electron chi connectivity index (χ0n) is 18.0. The first-order chi connectivity index (χ1) is 14.5. The van der Waals surface area contributed by atoms with E-state index in [9.17, 15) is 8.42 Å². The molecular formula is C21H33N3O5S. The Morgan fingerprint density at radius 2 is 1.80 bits per heavy atom. The molecule has 0 amide bonds. The molecule has 1 aliphatic heterocycles. The highest BCUT2D eigenvalue weighted by atomic mass is 32.2. The number of benzene rings is 1. The molecule has 8 nitrogen and oxygen atoms in total. The van der Waals surface area contributed by atoms with E-state index in [2.05, 4.69) is 30.1 Å². The maximum Gasteiger partial charge on any atom is 0.323 e. The molecule has 2 fully saturated rings. The maximum atomic E-state index is 11.2. The fraction of sp³-hybridized carbons (Fsp3) is 0.667. The SMILES string of the molecule is C(=NCCN1CCOCC1)=NC1CCCCC1.COOS(=O)(=O)c1ccc(C)cc1. The van der Waals surface area contributed by atoms with Crippen molar-refractivity contribution in [2.24, 2.45) is 9.98 Å². The Kier molecular flexibility index (Phi) is 11.2. The Labute approximate surface area is 180 Å². The molecule has 0 N–H and O–H groups in total. The first kappa shape index (κ1) is 24.7. The van der Waals surface area contributed by atoms with E-state index < -0.39 is 10.1 Å². The van der Waals surface area contributed by atoms with Crippen LogP contribution < -0.4 is 0 Å². The van der Waals surface area contributed by atoms with Gasteiger partial charge in [0.05, 0.1) is 43.8 Å². The second-order valence-corrected chi connectivity index (χ2v) is 8.87. The van der Waals surface area contributed by atoms with Crippen molar-refractivity contribution in [2.45, 2.75) is 50.0 Å². The molecule has 1 aromatic carbocycles. The fourth-order valence-corrected chi connectivity index (χ4v) is 3.96. The highest BCUT2D eigenvalue weighted by molar-refractivity contribution is 7.86. The van der Waals surface area contributed by atoms with Crippen molar-refractivity contribution < 1.29 is 22.4 Å². The summed E-state index contributed by atoms with van der Waals surface area (Å²) in [6.45, 7) is 7.49. The van der Waals surface area contributed by atoms with Crippen LogP contribution in [-0.2, 0) is 24.1 Å². The van der Waals surface area contributed by atoms with Crippen molar-refractivity contribution in [2.75, 3.05) is 46.5 Å². The molecule has 1 aromatic rings. The molecule has 1 saturated heterocycles. The lowest BCUT2D eigenvalue weighted by Crippen LogP contribution is -2.37. The van der Waals surface area contributed by atoms with E-state index >= 15 is 0 Å². The average Bonchev–Trinajstić information content (AvgIpc) is 2.76. The number of hydrogen-bond donors (Lipinski definition) is 0. The molecule has 0 radical (unpaired) electrons. The second kappa shape index (κ2) is 13.6. The van der Waals surface area contributed by atoms with Gasteiger partial charge in [0.2, 0.25) is 0 Å². The molecule has 2 aliphatic rings. The third kappa shape index (κ3) is 9.47. The van der Waals surface area contributed by atoms with Crippen LogP contribution in [0.3, 0.4) is 0 Å². The number of nitrogens with zero attached hydrogens (tertiary/aromatic N) is 3. The predicted molar refractivity (Wildman–Crippen MR) is 115 cm³/mol. The molecule has 1 aliphatic carbocycles. The van der Waals surface area contributed by atoms with Gasteiger partial charge in [-0.3, -0.25) is 4.90 Å². The lowest BCUT2D eigenvalue weighted by molar-refractivity contribution is -0.172. The average molecular weight is 440 g/mol. The van der Waals surface area contributed by atoms with Gasteiger partial charge in [-0.2, -0.15) is 8.42 Å². The van der Waals surface area contributed by atoms with E-state index in [1.165, 1.54) is 44.2 Å². The van der Waals surface area contributed by atoms with Gasteiger partial charge in [0.1, 0.15) is 0 Å². The summed E-state index contributed by atoms with van der Waals surface area (Å²) in [5.41, 5.74) is 0.983. The lowest BCUT2D eigenvalue weighted by atomic mass is 9.96. The van der Waals surface area contributed by atoms with Crippen molar-refractivity contribution in [1.82, 2.24) is 4.90 Å². The van der Waals surface area contributed by atoms with E-state index in [4.69, 9.17) is 4.74 Å². The molecule has 0 unspecified atom stereocenters. The van der Waals surface area contributed by atoms with Crippen molar-refractivity contribution in [3.63, 3.8) is 0 Å². The summed E-state index contributed by atoms with van der Waals surface area (Å²) in [5, 5.41) is 0. The van der Waals surface area contributed by atoms with Gasteiger partial charge < -0.3 is 4.74 Å². The van der Waals surface area contributed by atoms with E-state index in [0.717, 1.165) is 52.1 Å². The van der Waals surface area contributed by atoms with Gasteiger partial charge in [0, 0.05) is 19.6 Å². The molecule has 1 heterocycles. The molecule has 0 spiro atoms. The number of morpholine rings is 1. The van der Waals surface area contributed by atoms with Crippen molar-refractivity contribution >= 4 is 16.1 Å². The van der Waals surface area contributed by atoms with Crippen LogP contribution in [-0.4, -0.2) is 71.9 Å². The first-order valence-electron chi connectivity index (χ1n) is 10.5. The van der Waals surface area contributed by atoms with Crippen molar-refractivity contribution in [1.29, 1.82) is 0 Å². The normalized spacial score (nSPS) is 18.1. The van der Waals surface area contributed by atoms with Crippen LogP contribution in [0, 0.1) is 6.92 Å². The Bertz CT molecular complexity index is 764. The zero-order valence-corrected chi connectivity index (χ0v) is 18.8. The largest absolute Gasteiger partial charge is 0.379 e. The number of ether oxygens (including phenoxy) is 1. The monoisotopic (exact) mass is 439 g/mol. The summed E-state index contributed by atoms with van der Waals surface area (Å²) in [4.78, 5) is 15.2. The molecule has 30 heavy (non-hydrogen) atoms. The topological polar surface area (TPSA) is 89.8 Å². The van der Waals surface area contributed by atoms with Gasteiger partial charge in [0.15, 0.2) is 0 Å². The summed E-state index contributed by atoms with van der Waals surface area (Å²) < 4.78 is 31.8. The van der Waals surface area contributed by atoms with Gasteiger partial charge in [-0.15, -0.1) is 4.33 Å². The molecule has 1 saturated carbocycles. The Morgan fingerprint density at radius 1 is 1.13 bits per heavy atom. The number of hydrogen-bond acceptors (Lipinski definition) is 8. The van der Waals surface area contributed by atoms with Gasteiger partial charge in [0.25, 0.3) is 0 Å². The van der Waals surface area contributed by atoms with Crippen LogP contribution in [0.5, 0.6) is 0 Å². The molecule has 0 atom stereocenters. The van der Waals surface area contributed by atoms with Crippen LogP contribution in [0.25, 0.3) is 0 Å². The Balaban J connectivity index is 0.000000222. The Morgan fingerprint density at radius 3 is 2.43 bits per heavy atom. The van der Waals surface area contributed by atoms with Gasteiger partial charge >= 0.3 is 10.1 Å². The van der Waals surface area contributed by atoms with E-state index in [1.807, 2.05) is 6.92 Å². The Hall–Kier alpha value is -1.61. The standard InChI is InChI=1S/C13H23N3O.C8H10O4S/c1-2-4-13(5-3-1)15-12-14-6-7-16-8-10-17-11-9-16;1-7-3-5-8(6-4-7)13(9,10)12-11-2/h13H,1-11H2;3-6H,1-2H3. The van der Waals surface area contributed by atoms with Crippen LogP contribution in [0.1, 0.15) is 37.7 Å². The van der Waals surface area contributed by atoms with Gasteiger partial charge in [-0.1, -0.05) is 37.0 Å². The predicted octanol–water partition coefficient (Wildman–Crippen LogP) is 3.09. The lowest BCUT2D eigenvalue weighted by Gasteiger charge is -2.25. The highest BCUT2D eigenvalue weighted by Crippen LogP contribution is 2.19. The third-order valence-electron chi connectivity index (χ3n) is 4.98. The smallest absolute Gasteiger partial charge is 0.323 e. The zero-order chi connectivity index (χ0) is 21.7. The van der Waals surface area contributed by atoms with Crippen LogP contribution >= 0.6 is 0 Å². The number of rotatable bonds is 7. The first-order valence-corrected chi connectivity index (χ1v) is 11.9. The minimum atomic E-state index is -3.75. The summed E-state index contributed by atoms with van der Waals surface area (Å²) in [6, 6.07) is 9.68. The molecule has 9 heteroatoms. The van der Waals surface area contributed by atoms with Crippen molar-refractivity contribution in [3.8, 4) is 0 Å². The van der Waals surface area contributed by atoms with Crippen LogP contribution in [0.4, 0.5) is 0 Å². The third-order valence-corrected chi connectivity index (χ3v) is 6.15. The van der Waals surface area contributed by atoms with Gasteiger partial charge in [-0.05, 0) is 31.9 Å². The quantitative estimate of drug-likeness (QED) is 0.368. The summed E-state index contributed by atoms with van der Waals surface area (Å²) in [6.07, 6.45) is 6.48. The molecule has 168 valence electrons. The highest BCUT2D eigenvalue weighted by Gasteiger charge is 2.14. The summed E-state index contributed by atoms with van der Waals surface area (Å²) in [5.74, 6) is 0. The molecule has 3 rings (SSSR count). The van der Waals surface area contributed by atoms with E-state index in [0.29, 0.717) is 6.04 Å². The maximum absolute atomic E-state index is 11.2. The number of aryl methyl sites for hydroxylation is 1. The second-order valence-electron chi connectivity index (χ2n) is 7.36. The van der Waals surface area contributed by atoms with E-state index in [-0.39, 0.29) is 4.90 Å². The van der Waals surface area contributed by atoms with Crippen LogP contribution in [0.15, 0.2) is 39.1 Å². The van der Waals surface area contributed by atoms with Gasteiger partial charge in [-0.25, -0.2) is 14.9 Å². The van der Waals surface area contributed by atoms with Crippen LogP contribution in [0.2, 0.25) is 0 Å². The molecule has 0 bridgehead atoms. The summed E-state index contributed by atoms with van der Waals surface area (Å²) >= 11 is 0. The summed E-state index contributed by atoms with van der Waals surface area (Å²) in [7, 11) is -2.60. The van der Waals surface area contributed by atoms with Crippen molar-refractivity contribution in [3.05, 3.63) is 29.8 Å². The molecular weight excluding hydrogens is 406 g/mol. The van der Waals surface area contributed by atoms with E-state index in [1.54, 1.807) is 12.1 Å². The fourth-order valence-electron chi connectivity index (χ4n) is 3.23. The minimum absolute atomic E-state index is 0.0833. The number of aliphatic imine (C=N–C) groups is 2.